The van der Waals surface area contributed by atoms with Gasteiger partial charge >= 0.3 is 0 Å². The molecule has 0 aliphatic heterocycles. The zero-order chi connectivity index (χ0) is 12.8. The summed E-state index contributed by atoms with van der Waals surface area (Å²) >= 11 is 0. The van der Waals surface area contributed by atoms with E-state index in [1.807, 2.05) is 26.0 Å². The zero-order valence-electron chi connectivity index (χ0n) is 10.6. The number of amides is 1. The van der Waals surface area contributed by atoms with Crippen molar-refractivity contribution in [2.24, 2.45) is 5.92 Å². The van der Waals surface area contributed by atoms with Gasteiger partial charge in [-0.05, 0) is 24.5 Å². The number of nitrogen functional groups attached to an aromatic ring is 1. The van der Waals surface area contributed by atoms with Gasteiger partial charge in [0.15, 0.2) is 0 Å². The summed E-state index contributed by atoms with van der Waals surface area (Å²) in [6.07, 6.45) is 0. The second-order valence-electron chi connectivity index (χ2n) is 4.31. The van der Waals surface area contributed by atoms with Crippen molar-refractivity contribution < 1.29 is 9.53 Å². The third-order valence-electron chi connectivity index (χ3n) is 2.63. The molecule has 0 radical (unpaired) electrons. The van der Waals surface area contributed by atoms with Crippen LogP contribution in [0.1, 0.15) is 22.8 Å². The van der Waals surface area contributed by atoms with Gasteiger partial charge in [-0.1, -0.05) is 19.1 Å². The summed E-state index contributed by atoms with van der Waals surface area (Å²) in [6.45, 7) is 5.12. The molecule has 0 saturated carbocycles. The lowest BCUT2D eigenvalue weighted by Gasteiger charge is -2.13. The predicted molar refractivity (Wildman–Crippen MR) is 69.0 cm³/mol. The van der Waals surface area contributed by atoms with Crippen LogP contribution in [-0.2, 0) is 4.74 Å². The molecule has 0 aliphatic carbocycles. The average molecular weight is 236 g/mol. The molecule has 4 heteroatoms. The van der Waals surface area contributed by atoms with E-state index in [0.717, 1.165) is 5.56 Å². The number of nitrogens with two attached hydrogens (primary N) is 1. The zero-order valence-corrected chi connectivity index (χ0v) is 10.6. The molecule has 17 heavy (non-hydrogen) atoms. The van der Waals surface area contributed by atoms with Gasteiger partial charge in [0.05, 0.1) is 12.2 Å². The van der Waals surface area contributed by atoms with Gasteiger partial charge in [-0.2, -0.15) is 0 Å². The summed E-state index contributed by atoms with van der Waals surface area (Å²) in [5, 5.41) is 2.85. The minimum absolute atomic E-state index is 0.130. The Hall–Kier alpha value is -1.55. The SMILES string of the molecule is COCC(C)CNC(=O)c1cccc(C)c1N. The van der Waals surface area contributed by atoms with Gasteiger partial charge in [0.25, 0.3) is 5.91 Å². The largest absolute Gasteiger partial charge is 0.398 e. The number of carbonyl (C=O) groups is 1. The molecule has 0 saturated heterocycles. The molecule has 1 rings (SSSR count). The average Bonchev–Trinajstić information content (AvgIpc) is 2.30. The number of rotatable bonds is 5. The number of benzene rings is 1. The molecule has 0 heterocycles. The summed E-state index contributed by atoms with van der Waals surface area (Å²) in [5.74, 6) is 0.157. The molecule has 1 amide bonds. The smallest absolute Gasteiger partial charge is 0.253 e. The first-order valence-electron chi connectivity index (χ1n) is 5.68. The molecule has 1 unspecified atom stereocenters. The Morgan fingerprint density at radius 3 is 2.88 bits per heavy atom. The number of anilines is 1. The van der Waals surface area contributed by atoms with E-state index in [9.17, 15) is 4.79 Å². The van der Waals surface area contributed by atoms with Crippen LogP contribution in [0.3, 0.4) is 0 Å². The fourth-order valence-electron chi connectivity index (χ4n) is 1.58. The quantitative estimate of drug-likeness (QED) is 0.763. The molecular weight excluding hydrogens is 216 g/mol. The molecule has 1 atom stereocenters. The Kier molecular flexibility index (Phi) is 4.97. The van der Waals surface area contributed by atoms with Crippen LogP contribution in [0.5, 0.6) is 0 Å². The highest BCUT2D eigenvalue weighted by Crippen LogP contribution is 2.16. The first-order valence-corrected chi connectivity index (χ1v) is 5.68. The number of hydrogen-bond acceptors (Lipinski definition) is 3. The molecule has 1 aromatic carbocycles. The standard InChI is InChI=1S/C13H20N2O2/c1-9(8-17-3)7-15-13(16)11-6-4-5-10(2)12(11)14/h4-6,9H,7-8,14H2,1-3H3,(H,15,16). The van der Waals surface area contributed by atoms with Gasteiger partial charge in [-0.25, -0.2) is 0 Å². The number of carbonyl (C=O) groups excluding carboxylic acids is 1. The van der Waals surface area contributed by atoms with E-state index in [0.29, 0.717) is 24.4 Å². The molecule has 3 N–H and O–H groups in total. The Labute approximate surface area is 102 Å². The number of nitrogens with one attached hydrogen (secondary N) is 1. The maximum absolute atomic E-state index is 11.9. The van der Waals surface area contributed by atoms with Crippen LogP contribution in [-0.4, -0.2) is 26.2 Å². The molecule has 0 fully saturated rings. The summed E-state index contributed by atoms with van der Waals surface area (Å²) in [6, 6.07) is 5.46. The van der Waals surface area contributed by atoms with E-state index in [1.165, 1.54) is 0 Å². The molecule has 0 spiro atoms. The number of methoxy groups -OCH3 is 1. The second kappa shape index (κ2) is 6.25. The summed E-state index contributed by atoms with van der Waals surface area (Å²) in [7, 11) is 1.65. The summed E-state index contributed by atoms with van der Waals surface area (Å²) < 4.78 is 5.01. The fourth-order valence-corrected chi connectivity index (χ4v) is 1.58. The van der Waals surface area contributed by atoms with Crippen molar-refractivity contribution in [2.45, 2.75) is 13.8 Å². The number of ether oxygens (including phenoxy) is 1. The lowest BCUT2D eigenvalue weighted by Crippen LogP contribution is -2.30. The van der Waals surface area contributed by atoms with E-state index in [1.54, 1.807) is 13.2 Å². The highest BCUT2D eigenvalue weighted by molar-refractivity contribution is 5.99. The third kappa shape index (κ3) is 3.75. The second-order valence-corrected chi connectivity index (χ2v) is 4.31. The minimum Gasteiger partial charge on any atom is -0.398 e. The van der Waals surface area contributed by atoms with Gasteiger partial charge in [-0.3, -0.25) is 4.79 Å². The van der Waals surface area contributed by atoms with Crippen LogP contribution < -0.4 is 11.1 Å². The summed E-state index contributed by atoms with van der Waals surface area (Å²) in [5.41, 5.74) is 7.86. The van der Waals surface area contributed by atoms with E-state index < -0.39 is 0 Å². The van der Waals surface area contributed by atoms with Crippen LogP contribution in [0.4, 0.5) is 5.69 Å². The monoisotopic (exact) mass is 236 g/mol. The van der Waals surface area contributed by atoms with E-state index in [-0.39, 0.29) is 11.8 Å². The van der Waals surface area contributed by atoms with Crippen molar-refractivity contribution >= 4 is 11.6 Å². The molecule has 0 bridgehead atoms. The summed E-state index contributed by atoms with van der Waals surface area (Å²) in [4.78, 5) is 11.9. The molecule has 0 aromatic heterocycles. The van der Waals surface area contributed by atoms with Gasteiger partial charge in [0, 0.05) is 19.3 Å². The van der Waals surface area contributed by atoms with Crippen molar-refractivity contribution in [3.8, 4) is 0 Å². The van der Waals surface area contributed by atoms with E-state index >= 15 is 0 Å². The number of para-hydroxylation sites is 1. The van der Waals surface area contributed by atoms with Crippen molar-refractivity contribution in [1.82, 2.24) is 5.32 Å². The maximum Gasteiger partial charge on any atom is 0.253 e. The minimum atomic E-state index is -0.130. The van der Waals surface area contributed by atoms with E-state index in [4.69, 9.17) is 10.5 Å². The Bertz CT molecular complexity index is 391. The van der Waals surface area contributed by atoms with Crippen LogP contribution in [0.2, 0.25) is 0 Å². The Morgan fingerprint density at radius 2 is 2.24 bits per heavy atom. The number of aryl methyl sites for hydroxylation is 1. The van der Waals surface area contributed by atoms with Crippen LogP contribution in [0, 0.1) is 12.8 Å². The lowest BCUT2D eigenvalue weighted by atomic mass is 10.1. The van der Waals surface area contributed by atoms with Gasteiger partial charge in [0.1, 0.15) is 0 Å². The van der Waals surface area contributed by atoms with Crippen LogP contribution in [0.15, 0.2) is 18.2 Å². The van der Waals surface area contributed by atoms with Gasteiger partial charge < -0.3 is 15.8 Å². The Morgan fingerprint density at radius 1 is 1.53 bits per heavy atom. The van der Waals surface area contributed by atoms with E-state index in [2.05, 4.69) is 5.32 Å². The van der Waals surface area contributed by atoms with Crippen LogP contribution >= 0.6 is 0 Å². The van der Waals surface area contributed by atoms with Crippen LogP contribution in [0.25, 0.3) is 0 Å². The normalized spacial score (nSPS) is 12.2. The topological polar surface area (TPSA) is 64.3 Å². The fraction of sp³-hybridized carbons (Fsp3) is 0.462. The van der Waals surface area contributed by atoms with Crippen molar-refractivity contribution in [3.63, 3.8) is 0 Å². The van der Waals surface area contributed by atoms with Gasteiger partial charge in [0.2, 0.25) is 0 Å². The molecule has 4 nitrogen and oxygen atoms in total. The lowest BCUT2D eigenvalue weighted by molar-refractivity contribution is 0.0935. The first kappa shape index (κ1) is 13.5. The molecule has 1 aromatic rings. The third-order valence-corrected chi connectivity index (χ3v) is 2.63. The number of hydrogen-bond donors (Lipinski definition) is 2. The predicted octanol–water partition coefficient (Wildman–Crippen LogP) is 1.59. The molecular formula is C13H20N2O2. The molecule has 0 aliphatic rings. The molecule has 94 valence electrons. The van der Waals surface area contributed by atoms with Crippen molar-refractivity contribution in [3.05, 3.63) is 29.3 Å². The Balaban J connectivity index is 2.61. The van der Waals surface area contributed by atoms with Crippen molar-refractivity contribution in [1.29, 1.82) is 0 Å². The van der Waals surface area contributed by atoms with Gasteiger partial charge in [-0.15, -0.1) is 0 Å². The maximum atomic E-state index is 11.9. The highest BCUT2D eigenvalue weighted by Gasteiger charge is 2.11. The first-order chi connectivity index (χ1) is 8.06. The van der Waals surface area contributed by atoms with Crippen molar-refractivity contribution in [2.75, 3.05) is 26.0 Å². The highest BCUT2D eigenvalue weighted by atomic mass is 16.5.